The molecule has 1 atom stereocenters. The highest BCUT2D eigenvalue weighted by atomic mass is 35.5. The van der Waals surface area contributed by atoms with E-state index in [1.807, 2.05) is 18.2 Å². The average Bonchev–Trinajstić information content (AvgIpc) is 2.16. The molecule has 1 rings (SSSR count). The van der Waals surface area contributed by atoms with Crippen LogP contribution < -0.4 is 0 Å². The summed E-state index contributed by atoms with van der Waals surface area (Å²) in [6, 6.07) is 5.58. The molecule has 1 aromatic rings. The van der Waals surface area contributed by atoms with E-state index in [9.17, 15) is 0 Å². The normalized spacial score (nSPS) is 13.2. The molecule has 0 saturated heterocycles. The van der Waals surface area contributed by atoms with Crippen LogP contribution in [0.15, 0.2) is 18.2 Å². The zero-order valence-corrected chi connectivity index (χ0v) is 11.2. The van der Waals surface area contributed by atoms with Gasteiger partial charge in [0, 0.05) is 15.4 Å². The van der Waals surface area contributed by atoms with Crippen molar-refractivity contribution in [3.05, 3.63) is 33.8 Å². The lowest BCUT2D eigenvalue weighted by atomic mass is 10.0. The topological polar surface area (TPSA) is 0 Å². The Kier molecular flexibility index (Phi) is 5.25. The summed E-state index contributed by atoms with van der Waals surface area (Å²) in [6.07, 6.45) is 1.74. The summed E-state index contributed by atoms with van der Waals surface area (Å²) >= 11 is 18.3. The Morgan fingerprint density at radius 1 is 1.13 bits per heavy atom. The zero-order valence-electron chi connectivity index (χ0n) is 8.93. The Balaban J connectivity index is 2.65. The summed E-state index contributed by atoms with van der Waals surface area (Å²) in [6.45, 7) is 4.23. The van der Waals surface area contributed by atoms with Gasteiger partial charge in [0.25, 0.3) is 0 Å². The van der Waals surface area contributed by atoms with Crippen LogP contribution >= 0.6 is 34.8 Å². The molecule has 0 heterocycles. The minimum atomic E-state index is 0.178. The molecule has 0 nitrogen and oxygen atoms in total. The molecule has 0 N–H and O–H groups in total. The first-order chi connectivity index (χ1) is 7.02. The van der Waals surface area contributed by atoms with Crippen molar-refractivity contribution < 1.29 is 0 Å². The van der Waals surface area contributed by atoms with Crippen molar-refractivity contribution in [2.24, 2.45) is 5.92 Å². The van der Waals surface area contributed by atoms with Gasteiger partial charge in [0.1, 0.15) is 0 Å². The Labute approximate surface area is 107 Å². The van der Waals surface area contributed by atoms with E-state index in [0.717, 1.165) is 28.5 Å². The molecule has 0 aromatic heterocycles. The van der Waals surface area contributed by atoms with Crippen LogP contribution in [-0.2, 0) is 6.42 Å². The van der Waals surface area contributed by atoms with Gasteiger partial charge in [-0.15, -0.1) is 11.6 Å². The summed E-state index contributed by atoms with van der Waals surface area (Å²) in [5, 5.41) is 1.64. The largest absolute Gasteiger partial charge is 0.123 e. The van der Waals surface area contributed by atoms with Crippen molar-refractivity contribution in [2.45, 2.75) is 32.1 Å². The Morgan fingerprint density at radius 2 is 1.67 bits per heavy atom. The number of hydrogen-bond donors (Lipinski definition) is 0. The minimum absolute atomic E-state index is 0.178. The van der Waals surface area contributed by atoms with E-state index in [-0.39, 0.29) is 5.38 Å². The van der Waals surface area contributed by atoms with Crippen molar-refractivity contribution in [1.29, 1.82) is 0 Å². The van der Waals surface area contributed by atoms with Crippen LogP contribution in [0.3, 0.4) is 0 Å². The van der Waals surface area contributed by atoms with E-state index in [0.29, 0.717) is 5.92 Å². The van der Waals surface area contributed by atoms with Crippen LogP contribution in [0.2, 0.25) is 10.0 Å². The lowest BCUT2D eigenvalue weighted by Gasteiger charge is -2.14. The lowest BCUT2D eigenvalue weighted by Crippen LogP contribution is -2.09. The number of benzene rings is 1. The van der Waals surface area contributed by atoms with E-state index >= 15 is 0 Å². The van der Waals surface area contributed by atoms with E-state index in [1.54, 1.807) is 0 Å². The van der Waals surface area contributed by atoms with Crippen LogP contribution in [-0.4, -0.2) is 5.38 Å². The average molecular weight is 266 g/mol. The van der Waals surface area contributed by atoms with E-state index < -0.39 is 0 Å². The maximum atomic E-state index is 6.18. The van der Waals surface area contributed by atoms with E-state index in [4.69, 9.17) is 34.8 Å². The van der Waals surface area contributed by atoms with Crippen molar-refractivity contribution in [3.63, 3.8) is 0 Å². The molecule has 1 unspecified atom stereocenters. The second-order valence-electron chi connectivity index (χ2n) is 4.00. The van der Waals surface area contributed by atoms with Crippen molar-refractivity contribution in [2.75, 3.05) is 0 Å². The summed E-state index contributed by atoms with van der Waals surface area (Å²) in [5.74, 6) is 0.480. The fourth-order valence-electron chi connectivity index (χ4n) is 1.39. The fourth-order valence-corrected chi connectivity index (χ4v) is 2.08. The smallest absolute Gasteiger partial charge is 0.0452 e. The predicted octanol–water partition coefficient (Wildman–Crippen LogP) is 5.19. The first-order valence-electron chi connectivity index (χ1n) is 5.09. The van der Waals surface area contributed by atoms with Crippen LogP contribution in [0.5, 0.6) is 0 Å². The highest BCUT2D eigenvalue weighted by Gasteiger charge is 2.12. The Bertz CT molecular complexity index is 300. The van der Waals surface area contributed by atoms with E-state index in [1.165, 1.54) is 0 Å². The molecule has 0 aliphatic carbocycles. The SMILES string of the molecule is CC(C)C(Cl)CCc1c(Cl)cccc1Cl. The van der Waals surface area contributed by atoms with Gasteiger partial charge in [-0.05, 0) is 36.5 Å². The minimum Gasteiger partial charge on any atom is -0.123 e. The van der Waals surface area contributed by atoms with Crippen LogP contribution in [0, 0.1) is 5.92 Å². The molecule has 0 spiro atoms. The molecule has 0 saturated carbocycles. The summed E-state index contributed by atoms with van der Waals surface area (Å²) in [5.41, 5.74) is 1.01. The first-order valence-corrected chi connectivity index (χ1v) is 6.28. The van der Waals surface area contributed by atoms with Crippen molar-refractivity contribution in [1.82, 2.24) is 0 Å². The number of hydrogen-bond acceptors (Lipinski definition) is 0. The molecule has 1 aromatic carbocycles. The molecule has 0 amide bonds. The Hall–Kier alpha value is 0.0900. The first kappa shape index (κ1) is 13.2. The van der Waals surface area contributed by atoms with Gasteiger partial charge >= 0.3 is 0 Å². The van der Waals surface area contributed by atoms with Gasteiger partial charge < -0.3 is 0 Å². The molecular weight excluding hydrogens is 250 g/mol. The number of alkyl halides is 1. The maximum absolute atomic E-state index is 6.18. The third-order valence-corrected chi connectivity index (χ3v) is 3.89. The van der Waals surface area contributed by atoms with Crippen LogP contribution in [0.25, 0.3) is 0 Å². The molecular formula is C12H15Cl3. The van der Waals surface area contributed by atoms with Gasteiger partial charge in [-0.3, -0.25) is 0 Å². The highest BCUT2D eigenvalue weighted by Crippen LogP contribution is 2.27. The zero-order chi connectivity index (χ0) is 11.4. The monoisotopic (exact) mass is 264 g/mol. The molecule has 0 fully saturated rings. The predicted molar refractivity (Wildman–Crippen MR) is 69.3 cm³/mol. The maximum Gasteiger partial charge on any atom is 0.0452 e. The molecule has 84 valence electrons. The molecule has 0 aliphatic heterocycles. The van der Waals surface area contributed by atoms with Crippen LogP contribution in [0.4, 0.5) is 0 Å². The molecule has 15 heavy (non-hydrogen) atoms. The number of halogens is 3. The van der Waals surface area contributed by atoms with Gasteiger partial charge in [-0.2, -0.15) is 0 Å². The second kappa shape index (κ2) is 5.98. The molecule has 0 radical (unpaired) electrons. The van der Waals surface area contributed by atoms with Gasteiger partial charge in [-0.25, -0.2) is 0 Å². The molecule has 0 aliphatic rings. The fraction of sp³-hybridized carbons (Fsp3) is 0.500. The van der Waals surface area contributed by atoms with Gasteiger partial charge in [0.2, 0.25) is 0 Å². The van der Waals surface area contributed by atoms with Crippen molar-refractivity contribution >= 4 is 34.8 Å². The van der Waals surface area contributed by atoms with Crippen LogP contribution in [0.1, 0.15) is 25.8 Å². The summed E-state index contributed by atoms with van der Waals surface area (Å²) in [4.78, 5) is 0. The molecule has 0 bridgehead atoms. The summed E-state index contributed by atoms with van der Waals surface area (Å²) < 4.78 is 0. The van der Waals surface area contributed by atoms with Gasteiger partial charge in [-0.1, -0.05) is 43.1 Å². The number of rotatable bonds is 4. The third kappa shape index (κ3) is 3.86. The summed E-state index contributed by atoms with van der Waals surface area (Å²) in [7, 11) is 0. The van der Waals surface area contributed by atoms with E-state index in [2.05, 4.69) is 13.8 Å². The van der Waals surface area contributed by atoms with Crippen molar-refractivity contribution in [3.8, 4) is 0 Å². The molecule has 3 heteroatoms. The Morgan fingerprint density at radius 3 is 2.13 bits per heavy atom. The highest BCUT2D eigenvalue weighted by molar-refractivity contribution is 6.36. The standard InChI is InChI=1S/C12H15Cl3/c1-8(2)10(13)7-6-9-11(14)4-3-5-12(9)15/h3-5,8,10H,6-7H2,1-2H3. The second-order valence-corrected chi connectivity index (χ2v) is 5.37. The lowest BCUT2D eigenvalue weighted by molar-refractivity contribution is 0.565. The quantitative estimate of drug-likeness (QED) is 0.657. The van der Waals surface area contributed by atoms with Gasteiger partial charge in [0.05, 0.1) is 0 Å². The third-order valence-electron chi connectivity index (χ3n) is 2.46. The van der Waals surface area contributed by atoms with Gasteiger partial charge in [0.15, 0.2) is 0 Å².